The molecule has 0 saturated carbocycles. The molecule has 8 nitrogen and oxygen atoms in total. The minimum absolute atomic E-state index is 0.0331. The molecule has 0 amide bonds. The molecule has 1 N–H and O–H groups in total. The number of benzene rings is 2. The third-order valence-electron chi connectivity index (χ3n) is 6.21. The van der Waals surface area contributed by atoms with Gasteiger partial charge in [-0.2, -0.15) is 26.3 Å². The fourth-order valence-corrected chi connectivity index (χ4v) is 5.71. The summed E-state index contributed by atoms with van der Waals surface area (Å²) in [6.07, 6.45) is -12.0. The number of hydrogen-bond donors (Lipinski definition) is 1. The van der Waals surface area contributed by atoms with Crippen molar-refractivity contribution in [1.29, 1.82) is 0 Å². The van der Waals surface area contributed by atoms with E-state index in [2.05, 4.69) is 4.74 Å². The second-order valence-electron chi connectivity index (χ2n) is 9.62. The van der Waals surface area contributed by atoms with Gasteiger partial charge >= 0.3 is 24.3 Å². The van der Waals surface area contributed by atoms with E-state index in [4.69, 9.17) is 9.84 Å². The molecule has 220 valence electrons. The molecule has 1 heterocycles. The van der Waals surface area contributed by atoms with E-state index >= 15 is 0 Å². The summed E-state index contributed by atoms with van der Waals surface area (Å²) < 4.78 is 118. The van der Waals surface area contributed by atoms with Crippen LogP contribution in [0.3, 0.4) is 0 Å². The van der Waals surface area contributed by atoms with Crippen LogP contribution >= 0.6 is 0 Å². The SMILES string of the molecule is C[C@@H]1[C@H](CCC(=O)O)Oc2ccc(CC(=O)OC(C)(C)C(F)(F)F)cc2N1S(=O)(=O)c1cccc(C(F)(F)F)c1. The number of carbonyl (C=O) groups excluding carboxylic acids is 1. The van der Waals surface area contributed by atoms with Crippen molar-refractivity contribution in [1.82, 2.24) is 0 Å². The number of carboxylic acids is 1. The molecule has 0 spiro atoms. The molecule has 0 bridgehead atoms. The van der Waals surface area contributed by atoms with Crippen LogP contribution in [-0.2, 0) is 36.9 Å². The highest BCUT2D eigenvalue weighted by molar-refractivity contribution is 7.92. The Labute approximate surface area is 225 Å². The Hall–Kier alpha value is -3.49. The third-order valence-corrected chi connectivity index (χ3v) is 8.10. The summed E-state index contributed by atoms with van der Waals surface area (Å²) in [5.74, 6) is -2.54. The van der Waals surface area contributed by atoms with E-state index in [1.807, 2.05) is 0 Å². The number of aliphatic carboxylic acids is 1. The number of carbonyl (C=O) groups is 2. The van der Waals surface area contributed by atoms with Gasteiger partial charge in [-0.05, 0) is 63.1 Å². The van der Waals surface area contributed by atoms with Crippen molar-refractivity contribution in [2.45, 2.75) is 75.0 Å². The molecule has 1 aliphatic heterocycles. The molecule has 2 aromatic rings. The van der Waals surface area contributed by atoms with Gasteiger partial charge in [0.2, 0.25) is 5.60 Å². The molecular formula is C25H25F6NO7S. The Balaban J connectivity index is 2.06. The van der Waals surface area contributed by atoms with E-state index in [9.17, 15) is 44.3 Å². The van der Waals surface area contributed by atoms with Gasteiger partial charge in [0.25, 0.3) is 10.0 Å². The highest BCUT2D eigenvalue weighted by Crippen LogP contribution is 2.42. The molecule has 2 aromatic carbocycles. The molecule has 0 unspecified atom stereocenters. The number of hydrogen-bond acceptors (Lipinski definition) is 6. The second kappa shape index (κ2) is 10.8. The monoisotopic (exact) mass is 597 g/mol. The largest absolute Gasteiger partial charge is 0.486 e. The summed E-state index contributed by atoms with van der Waals surface area (Å²) in [5.41, 5.74) is -4.19. The summed E-state index contributed by atoms with van der Waals surface area (Å²) in [6.45, 7) is 2.69. The van der Waals surface area contributed by atoms with Crippen LogP contribution in [0.15, 0.2) is 47.4 Å². The number of fused-ring (bicyclic) bond motifs is 1. The number of anilines is 1. The van der Waals surface area contributed by atoms with Crippen LogP contribution in [0.25, 0.3) is 0 Å². The average molecular weight is 598 g/mol. The lowest BCUT2D eigenvalue weighted by molar-refractivity contribution is -0.257. The predicted octanol–water partition coefficient (Wildman–Crippen LogP) is 5.34. The first-order chi connectivity index (χ1) is 18.2. The van der Waals surface area contributed by atoms with Gasteiger partial charge in [-0.3, -0.25) is 13.9 Å². The van der Waals surface area contributed by atoms with Crippen molar-refractivity contribution in [2.24, 2.45) is 0 Å². The zero-order valence-corrected chi connectivity index (χ0v) is 22.2. The maximum Gasteiger partial charge on any atom is 0.427 e. The summed E-state index contributed by atoms with van der Waals surface area (Å²) in [4.78, 5) is 22.7. The summed E-state index contributed by atoms with van der Waals surface area (Å²) in [6, 6.07) is 5.55. The Morgan fingerprint density at radius 3 is 2.27 bits per heavy atom. The molecule has 0 aromatic heterocycles. The number of ether oxygens (including phenoxy) is 2. The van der Waals surface area contributed by atoms with Gasteiger partial charge in [-0.25, -0.2) is 8.42 Å². The summed E-state index contributed by atoms with van der Waals surface area (Å²) in [7, 11) is -4.73. The van der Waals surface area contributed by atoms with Gasteiger partial charge in [0.05, 0.1) is 28.6 Å². The number of halogens is 6. The fraction of sp³-hybridized carbons (Fsp3) is 0.440. The van der Waals surface area contributed by atoms with Crippen LogP contribution in [0.4, 0.5) is 32.0 Å². The number of sulfonamides is 1. The molecule has 3 rings (SSSR count). The van der Waals surface area contributed by atoms with Crippen LogP contribution < -0.4 is 9.04 Å². The Bertz CT molecular complexity index is 1390. The van der Waals surface area contributed by atoms with Gasteiger partial charge < -0.3 is 14.6 Å². The van der Waals surface area contributed by atoms with Crippen LogP contribution in [0, 0.1) is 0 Å². The molecule has 2 atom stereocenters. The zero-order chi connectivity index (χ0) is 30.3. The normalized spacial score (nSPS) is 18.1. The Kier molecular flexibility index (Phi) is 8.40. The number of alkyl halides is 6. The standard InChI is InChI=1S/C25H25F6NO7S/c1-14-19(9-10-21(33)34)38-20-8-7-15(12-22(35)39-23(2,3)25(29,30)31)11-18(20)32(14)40(36,37)17-6-4-5-16(13-17)24(26,27)28/h4-8,11,13-14,19H,9-10,12H2,1-3H3,(H,33,34)/t14-,19+/m1/s1. The molecule has 0 saturated heterocycles. The molecule has 40 heavy (non-hydrogen) atoms. The van der Waals surface area contributed by atoms with E-state index in [0.717, 1.165) is 22.5 Å². The van der Waals surface area contributed by atoms with Gasteiger partial charge in [0, 0.05) is 6.42 Å². The van der Waals surface area contributed by atoms with Gasteiger partial charge in [0.1, 0.15) is 11.9 Å². The number of esters is 1. The molecule has 0 fully saturated rings. The lowest BCUT2D eigenvalue weighted by atomic mass is 10.0. The topological polar surface area (TPSA) is 110 Å². The average Bonchev–Trinajstić information content (AvgIpc) is 2.81. The van der Waals surface area contributed by atoms with Crippen molar-refractivity contribution in [3.05, 3.63) is 53.6 Å². The van der Waals surface area contributed by atoms with Crippen LogP contribution in [0.5, 0.6) is 5.75 Å². The number of rotatable bonds is 8. The van der Waals surface area contributed by atoms with Gasteiger partial charge in [-0.1, -0.05) is 12.1 Å². The minimum atomic E-state index is -4.86. The van der Waals surface area contributed by atoms with Crippen molar-refractivity contribution < 1.29 is 58.9 Å². The highest BCUT2D eigenvalue weighted by Gasteiger charge is 2.51. The van der Waals surface area contributed by atoms with E-state index in [1.165, 1.54) is 19.1 Å². The fourth-order valence-electron chi connectivity index (χ4n) is 3.98. The van der Waals surface area contributed by atoms with Gasteiger partial charge in [0.15, 0.2) is 0 Å². The van der Waals surface area contributed by atoms with E-state index in [-0.39, 0.29) is 23.4 Å². The predicted molar refractivity (Wildman–Crippen MR) is 128 cm³/mol. The van der Waals surface area contributed by atoms with Crippen molar-refractivity contribution in [3.63, 3.8) is 0 Å². The first-order valence-corrected chi connectivity index (χ1v) is 13.2. The smallest absolute Gasteiger partial charge is 0.427 e. The maximum atomic E-state index is 13.7. The van der Waals surface area contributed by atoms with Crippen LogP contribution in [0.1, 0.15) is 44.7 Å². The highest BCUT2D eigenvalue weighted by atomic mass is 32.2. The Morgan fingerprint density at radius 2 is 1.70 bits per heavy atom. The lowest BCUT2D eigenvalue weighted by Crippen LogP contribution is -2.51. The molecular weight excluding hydrogens is 572 g/mol. The first kappa shape index (κ1) is 31.0. The summed E-state index contributed by atoms with van der Waals surface area (Å²) >= 11 is 0. The molecule has 0 aliphatic carbocycles. The van der Waals surface area contributed by atoms with Crippen LogP contribution in [0.2, 0.25) is 0 Å². The first-order valence-electron chi connectivity index (χ1n) is 11.8. The van der Waals surface area contributed by atoms with E-state index in [0.29, 0.717) is 26.0 Å². The second-order valence-corrected chi connectivity index (χ2v) is 11.4. The van der Waals surface area contributed by atoms with E-state index < -0.39 is 75.4 Å². The minimum Gasteiger partial charge on any atom is -0.486 e. The summed E-state index contributed by atoms with van der Waals surface area (Å²) in [5, 5.41) is 9.08. The molecule has 1 aliphatic rings. The molecule has 0 radical (unpaired) electrons. The third kappa shape index (κ3) is 6.62. The number of nitrogens with zero attached hydrogens (tertiary/aromatic N) is 1. The van der Waals surface area contributed by atoms with Crippen molar-refractivity contribution in [3.8, 4) is 5.75 Å². The lowest BCUT2D eigenvalue weighted by Gasteiger charge is -2.41. The van der Waals surface area contributed by atoms with Crippen molar-refractivity contribution in [2.75, 3.05) is 4.31 Å². The van der Waals surface area contributed by atoms with Crippen molar-refractivity contribution >= 4 is 27.6 Å². The quantitative estimate of drug-likeness (QED) is 0.323. The van der Waals surface area contributed by atoms with Crippen LogP contribution in [-0.4, -0.2) is 49.4 Å². The number of carboxylic acid groups (broad SMARTS) is 1. The van der Waals surface area contributed by atoms with Gasteiger partial charge in [-0.15, -0.1) is 0 Å². The maximum absolute atomic E-state index is 13.7. The zero-order valence-electron chi connectivity index (χ0n) is 21.3. The van der Waals surface area contributed by atoms with E-state index in [1.54, 1.807) is 0 Å². The Morgan fingerprint density at radius 1 is 1.05 bits per heavy atom. The molecule has 15 heteroatoms.